The Morgan fingerprint density at radius 2 is 2.13 bits per heavy atom. The summed E-state index contributed by atoms with van der Waals surface area (Å²) >= 11 is 0. The molecule has 0 amide bonds. The zero-order valence-electron chi connectivity index (χ0n) is 10.0. The van der Waals surface area contributed by atoms with Crippen molar-refractivity contribution in [1.82, 2.24) is 5.32 Å². The lowest BCUT2D eigenvalue weighted by Crippen LogP contribution is -2.46. The molecule has 1 aliphatic carbocycles. The number of ether oxygens (including phenoxy) is 1. The van der Waals surface area contributed by atoms with Gasteiger partial charge in [0.25, 0.3) is 0 Å². The number of hydrogen-bond donors (Lipinski definition) is 2. The van der Waals surface area contributed by atoms with Crippen LogP contribution in [0.25, 0.3) is 0 Å². The van der Waals surface area contributed by atoms with Crippen LogP contribution in [0.2, 0.25) is 0 Å². The van der Waals surface area contributed by atoms with E-state index >= 15 is 0 Å². The molecule has 0 radical (unpaired) electrons. The van der Waals surface area contributed by atoms with Gasteiger partial charge in [-0.3, -0.25) is 0 Å². The molecule has 0 heterocycles. The summed E-state index contributed by atoms with van der Waals surface area (Å²) < 4.78 is 5.18. The van der Waals surface area contributed by atoms with E-state index in [9.17, 15) is 5.11 Å². The molecule has 1 saturated carbocycles. The van der Waals surface area contributed by atoms with Crippen molar-refractivity contribution in [2.45, 2.75) is 51.1 Å². The minimum Gasteiger partial charge on any atom is -0.396 e. The molecule has 3 heteroatoms. The Kier molecular flexibility index (Phi) is 6.22. The summed E-state index contributed by atoms with van der Waals surface area (Å²) in [6, 6.07) is 0.927. The second-order valence-electron chi connectivity index (χ2n) is 4.56. The first-order chi connectivity index (χ1) is 7.31. The van der Waals surface area contributed by atoms with Crippen molar-refractivity contribution in [2.75, 3.05) is 20.3 Å². The summed E-state index contributed by atoms with van der Waals surface area (Å²) in [5, 5.41) is 12.9. The molecule has 0 aliphatic heterocycles. The molecule has 0 aromatic heterocycles. The average Bonchev–Trinajstić information content (AvgIpc) is 2.29. The van der Waals surface area contributed by atoms with Gasteiger partial charge in [-0.2, -0.15) is 0 Å². The van der Waals surface area contributed by atoms with Crippen molar-refractivity contribution in [3.05, 3.63) is 0 Å². The third-order valence-electron chi connectivity index (χ3n) is 3.45. The Hall–Kier alpha value is -0.120. The normalized spacial score (nSPS) is 29.0. The molecule has 3 nitrogen and oxygen atoms in total. The Morgan fingerprint density at radius 1 is 1.40 bits per heavy atom. The molecule has 0 bridgehead atoms. The van der Waals surface area contributed by atoms with Crippen LogP contribution in [0.4, 0.5) is 0 Å². The van der Waals surface area contributed by atoms with Crippen LogP contribution in [0.15, 0.2) is 0 Å². The summed E-state index contributed by atoms with van der Waals surface area (Å²) in [4.78, 5) is 0. The smallest absolute Gasteiger partial charge is 0.0615 e. The largest absolute Gasteiger partial charge is 0.396 e. The van der Waals surface area contributed by atoms with Crippen molar-refractivity contribution >= 4 is 0 Å². The van der Waals surface area contributed by atoms with Gasteiger partial charge in [-0.15, -0.1) is 0 Å². The van der Waals surface area contributed by atoms with Crippen LogP contribution < -0.4 is 5.32 Å². The molecular formula is C12H25NO2. The van der Waals surface area contributed by atoms with E-state index in [0.29, 0.717) is 24.6 Å². The fraction of sp³-hybridized carbons (Fsp3) is 1.00. The van der Waals surface area contributed by atoms with Gasteiger partial charge in [0.2, 0.25) is 0 Å². The summed E-state index contributed by atoms with van der Waals surface area (Å²) in [7, 11) is 1.74. The highest BCUT2D eigenvalue weighted by molar-refractivity contribution is 4.83. The third-order valence-corrected chi connectivity index (χ3v) is 3.45. The van der Waals surface area contributed by atoms with Gasteiger partial charge in [0.05, 0.1) is 6.61 Å². The van der Waals surface area contributed by atoms with Crippen molar-refractivity contribution in [3.63, 3.8) is 0 Å². The van der Waals surface area contributed by atoms with Crippen LogP contribution in [0.3, 0.4) is 0 Å². The monoisotopic (exact) mass is 215 g/mol. The van der Waals surface area contributed by atoms with Gasteiger partial charge in [-0.05, 0) is 25.2 Å². The lowest BCUT2D eigenvalue weighted by molar-refractivity contribution is 0.116. The van der Waals surface area contributed by atoms with Gasteiger partial charge in [-0.1, -0.05) is 19.8 Å². The van der Waals surface area contributed by atoms with E-state index in [1.807, 2.05) is 0 Å². The summed E-state index contributed by atoms with van der Waals surface area (Å²) in [5.41, 5.74) is 0. The lowest BCUT2D eigenvalue weighted by atomic mass is 9.84. The lowest BCUT2D eigenvalue weighted by Gasteiger charge is -2.34. The molecule has 1 aliphatic rings. The van der Waals surface area contributed by atoms with Gasteiger partial charge >= 0.3 is 0 Å². The molecule has 2 N–H and O–H groups in total. The molecule has 0 spiro atoms. The maximum atomic E-state index is 9.31. The first-order valence-electron chi connectivity index (χ1n) is 6.17. The molecule has 15 heavy (non-hydrogen) atoms. The molecule has 3 atom stereocenters. The fourth-order valence-corrected chi connectivity index (χ4v) is 2.43. The van der Waals surface area contributed by atoms with E-state index in [-0.39, 0.29) is 0 Å². The maximum Gasteiger partial charge on any atom is 0.0615 e. The second kappa shape index (κ2) is 7.20. The predicted octanol–water partition coefficient (Wildman–Crippen LogP) is 1.55. The Bertz CT molecular complexity index is 164. The first-order valence-corrected chi connectivity index (χ1v) is 6.17. The molecule has 1 rings (SSSR count). The van der Waals surface area contributed by atoms with Gasteiger partial charge in [0.15, 0.2) is 0 Å². The minimum absolute atomic E-state index is 0.321. The van der Waals surface area contributed by atoms with Crippen LogP contribution in [0.5, 0.6) is 0 Å². The van der Waals surface area contributed by atoms with Crippen molar-refractivity contribution < 1.29 is 9.84 Å². The van der Waals surface area contributed by atoms with E-state index in [1.165, 1.54) is 19.3 Å². The number of methoxy groups -OCH3 is 1. The van der Waals surface area contributed by atoms with Crippen LogP contribution in [-0.4, -0.2) is 37.5 Å². The van der Waals surface area contributed by atoms with Crippen LogP contribution in [0.1, 0.15) is 39.0 Å². The van der Waals surface area contributed by atoms with Gasteiger partial charge < -0.3 is 15.2 Å². The number of hydrogen-bond acceptors (Lipinski definition) is 3. The van der Waals surface area contributed by atoms with Crippen molar-refractivity contribution in [1.29, 1.82) is 0 Å². The van der Waals surface area contributed by atoms with Gasteiger partial charge in [0.1, 0.15) is 0 Å². The first kappa shape index (κ1) is 12.9. The maximum absolute atomic E-state index is 9.31. The number of rotatable bonds is 6. The molecule has 90 valence electrons. The summed E-state index contributed by atoms with van der Waals surface area (Å²) in [6.45, 7) is 3.26. The predicted molar refractivity (Wildman–Crippen MR) is 61.9 cm³/mol. The molecule has 3 unspecified atom stereocenters. The summed E-state index contributed by atoms with van der Waals surface area (Å²) in [5.74, 6) is 0.449. The van der Waals surface area contributed by atoms with Crippen molar-refractivity contribution in [3.8, 4) is 0 Å². The number of aliphatic hydroxyl groups excluding tert-OH is 1. The topological polar surface area (TPSA) is 41.5 Å². The minimum atomic E-state index is 0.321. The van der Waals surface area contributed by atoms with Crippen LogP contribution in [-0.2, 0) is 4.74 Å². The van der Waals surface area contributed by atoms with E-state index in [0.717, 1.165) is 19.4 Å². The highest BCUT2D eigenvalue weighted by Crippen LogP contribution is 2.24. The van der Waals surface area contributed by atoms with Gasteiger partial charge in [0, 0.05) is 25.8 Å². The quantitative estimate of drug-likeness (QED) is 0.706. The van der Waals surface area contributed by atoms with Crippen LogP contribution in [0, 0.1) is 5.92 Å². The Morgan fingerprint density at radius 3 is 2.73 bits per heavy atom. The van der Waals surface area contributed by atoms with E-state index in [1.54, 1.807) is 7.11 Å². The standard InChI is InChI=1S/C12H25NO2/c1-3-11(9-15-2)13-12-7-5-4-6-10(12)8-14/h10-14H,3-9H2,1-2H3. The third kappa shape index (κ3) is 4.09. The highest BCUT2D eigenvalue weighted by atomic mass is 16.5. The fourth-order valence-electron chi connectivity index (χ4n) is 2.43. The molecule has 1 fully saturated rings. The molecule has 0 saturated heterocycles. The Labute approximate surface area is 93.2 Å². The average molecular weight is 215 g/mol. The van der Waals surface area contributed by atoms with Crippen LogP contribution >= 0.6 is 0 Å². The zero-order chi connectivity index (χ0) is 11.1. The highest BCUT2D eigenvalue weighted by Gasteiger charge is 2.25. The SMILES string of the molecule is CCC(COC)NC1CCCCC1CO. The Balaban J connectivity index is 2.38. The number of aliphatic hydroxyl groups is 1. The molecular weight excluding hydrogens is 190 g/mol. The van der Waals surface area contributed by atoms with E-state index < -0.39 is 0 Å². The second-order valence-corrected chi connectivity index (χ2v) is 4.56. The number of nitrogens with one attached hydrogen (secondary N) is 1. The van der Waals surface area contributed by atoms with E-state index in [2.05, 4.69) is 12.2 Å². The van der Waals surface area contributed by atoms with Gasteiger partial charge in [-0.25, -0.2) is 0 Å². The molecule has 0 aromatic carbocycles. The zero-order valence-corrected chi connectivity index (χ0v) is 10.0. The molecule has 0 aromatic rings. The van der Waals surface area contributed by atoms with Crippen molar-refractivity contribution in [2.24, 2.45) is 5.92 Å². The van der Waals surface area contributed by atoms with E-state index in [4.69, 9.17) is 4.74 Å². The summed E-state index contributed by atoms with van der Waals surface area (Å²) in [6.07, 6.45) is 6.01.